The van der Waals surface area contributed by atoms with Crippen LogP contribution < -0.4 is 10.1 Å². The number of methoxy groups -OCH3 is 1. The van der Waals surface area contributed by atoms with Gasteiger partial charge in [0.05, 0.1) is 23.9 Å². The van der Waals surface area contributed by atoms with Crippen LogP contribution in [0.25, 0.3) is 16.7 Å². The molecule has 0 radical (unpaired) electrons. The highest BCUT2D eigenvalue weighted by atomic mass is 32.2. The van der Waals surface area contributed by atoms with Crippen LogP contribution in [0.15, 0.2) is 77.1 Å². The summed E-state index contributed by atoms with van der Waals surface area (Å²) < 4.78 is 22.0. The van der Waals surface area contributed by atoms with E-state index in [1.54, 1.807) is 24.9 Å². The number of hydrogen-bond acceptors (Lipinski definition) is 7. The van der Waals surface area contributed by atoms with Gasteiger partial charge in [0.1, 0.15) is 17.4 Å². The van der Waals surface area contributed by atoms with Crippen molar-refractivity contribution in [2.24, 2.45) is 0 Å². The first-order chi connectivity index (χ1) is 15.7. The van der Waals surface area contributed by atoms with Crippen molar-refractivity contribution in [2.45, 2.75) is 10.1 Å². The molecule has 0 aliphatic carbocycles. The summed E-state index contributed by atoms with van der Waals surface area (Å²) in [5.74, 6) is 1.87. The van der Waals surface area contributed by atoms with E-state index in [2.05, 4.69) is 15.5 Å². The number of ether oxygens (including phenoxy) is 1. The summed E-state index contributed by atoms with van der Waals surface area (Å²) in [7, 11) is 1.63. The fourth-order valence-corrected chi connectivity index (χ4v) is 5.02. The lowest BCUT2D eigenvalue weighted by atomic mass is 10.2. The Balaban J connectivity index is 1.38. The van der Waals surface area contributed by atoms with Crippen LogP contribution in [0.3, 0.4) is 0 Å². The average molecular weight is 464 g/mol. The van der Waals surface area contributed by atoms with Crippen LogP contribution in [0.1, 0.15) is 5.82 Å². The third kappa shape index (κ3) is 4.30. The summed E-state index contributed by atoms with van der Waals surface area (Å²) in [5, 5.41) is 12.5. The molecule has 3 aromatic carbocycles. The zero-order valence-electron chi connectivity index (χ0n) is 17.0. The molecule has 6 nitrogen and oxygen atoms in total. The minimum atomic E-state index is -0.286. The number of imidazole rings is 1. The second-order valence-electron chi connectivity index (χ2n) is 6.85. The molecule has 0 amide bonds. The van der Waals surface area contributed by atoms with Crippen molar-refractivity contribution in [1.29, 1.82) is 0 Å². The number of nitrogens with zero attached hydrogens (tertiary/aromatic N) is 4. The van der Waals surface area contributed by atoms with Crippen LogP contribution in [-0.2, 0) is 5.75 Å². The predicted molar refractivity (Wildman–Crippen MR) is 127 cm³/mol. The molecule has 9 heteroatoms. The molecule has 0 spiro atoms. The van der Waals surface area contributed by atoms with Crippen LogP contribution >= 0.6 is 23.1 Å². The van der Waals surface area contributed by atoms with Crippen molar-refractivity contribution in [2.75, 3.05) is 12.4 Å². The molecular formula is C23H18FN5OS2. The summed E-state index contributed by atoms with van der Waals surface area (Å²) in [4.78, 5) is 4.74. The molecule has 0 saturated carbocycles. The highest BCUT2D eigenvalue weighted by Crippen LogP contribution is 2.32. The summed E-state index contributed by atoms with van der Waals surface area (Å²) in [6.45, 7) is 0. The molecular weight excluding hydrogens is 445 g/mol. The summed E-state index contributed by atoms with van der Waals surface area (Å²) in [6.07, 6.45) is 0. The number of anilines is 2. The Morgan fingerprint density at radius 1 is 1.03 bits per heavy atom. The van der Waals surface area contributed by atoms with Crippen molar-refractivity contribution < 1.29 is 9.13 Å². The van der Waals surface area contributed by atoms with E-state index in [1.165, 1.54) is 23.5 Å². The van der Waals surface area contributed by atoms with Gasteiger partial charge in [-0.1, -0.05) is 47.4 Å². The van der Waals surface area contributed by atoms with Crippen molar-refractivity contribution in [3.8, 4) is 11.4 Å². The van der Waals surface area contributed by atoms with E-state index in [1.807, 2.05) is 59.2 Å². The van der Waals surface area contributed by atoms with Gasteiger partial charge in [-0.3, -0.25) is 4.57 Å². The van der Waals surface area contributed by atoms with Gasteiger partial charge in [0, 0.05) is 23.5 Å². The average Bonchev–Trinajstić information content (AvgIpc) is 3.42. The summed E-state index contributed by atoms with van der Waals surface area (Å²) in [5.41, 5.74) is 3.31. The summed E-state index contributed by atoms with van der Waals surface area (Å²) >= 11 is 3.01. The molecule has 32 heavy (non-hydrogen) atoms. The van der Waals surface area contributed by atoms with E-state index in [0.29, 0.717) is 10.9 Å². The maximum atomic E-state index is 13.9. The topological polar surface area (TPSA) is 64.9 Å². The second kappa shape index (κ2) is 8.97. The van der Waals surface area contributed by atoms with Gasteiger partial charge in [0.15, 0.2) is 4.34 Å². The van der Waals surface area contributed by atoms with Gasteiger partial charge in [-0.05, 0) is 36.4 Å². The van der Waals surface area contributed by atoms with Crippen molar-refractivity contribution in [3.63, 3.8) is 0 Å². The molecule has 160 valence electrons. The molecule has 5 aromatic rings. The number of fused-ring (bicyclic) bond motifs is 1. The quantitative estimate of drug-likeness (QED) is 0.296. The molecule has 0 atom stereocenters. The smallest absolute Gasteiger partial charge is 0.210 e. The second-order valence-corrected chi connectivity index (χ2v) is 9.05. The minimum absolute atomic E-state index is 0.286. The number of aromatic nitrogens is 4. The van der Waals surface area contributed by atoms with E-state index in [4.69, 9.17) is 9.72 Å². The lowest BCUT2D eigenvalue weighted by molar-refractivity contribution is 0.415. The van der Waals surface area contributed by atoms with Crippen molar-refractivity contribution >= 4 is 45.0 Å². The number of rotatable bonds is 7. The van der Waals surface area contributed by atoms with Crippen molar-refractivity contribution in [1.82, 2.24) is 19.7 Å². The minimum Gasteiger partial charge on any atom is -0.497 e. The zero-order chi connectivity index (χ0) is 21.9. The number of nitrogens with one attached hydrogen (secondary N) is 1. The maximum Gasteiger partial charge on any atom is 0.210 e. The van der Waals surface area contributed by atoms with E-state index < -0.39 is 0 Å². The number of para-hydroxylation sites is 1. The highest BCUT2D eigenvalue weighted by Gasteiger charge is 2.15. The first kappa shape index (κ1) is 20.5. The largest absolute Gasteiger partial charge is 0.497 e. The molecule has 2 heterocycles. The Bertz CT molecular complexity index is 1370. The van der Waals surface area contributed by atoms with E-state index in [9.17, 15) is 4.39 Å². The fourth-order valence-electron chi connectivity index (χ4n) is 3.33. The van der Waals surface area contributed by atoms with E-state index in [-0.39, 0.29) is 5.82 Å². The molecule has 0 aliphatic heterocycles. The highest BCUT2D eigenvalue weighted by molar-refractivity contribution is 8.00. The molecule has 1 N–H and O–H groups in total. The number of benzene rings is 3. The third-order valence-corrected chi connectivity index (χ3v) is 6.72. The van der Waals surface area contributed by atoms with Gasteiger partial charge < -0.3 is 10.1 Å². The van der Waals surface area contributed by atoms with Crippen LogP contribution in [0.5, 0.6) is 5.75 Å². The molecule has 0 aliphatic rings. The van der Waals surface area contributed by atoms with Gasteiger partial charge in [-0.15, -0.1) is 10.2 Å². The lowest BCUT2D eigenvalue weighted by Crippen LogP contribution is -2.00. The number of thioether (sulfide) groups is 1. The van der Waals surface area contributed by atoms with Gasteiger partial charge in [-0.2, -0.15) is 0 Å². The molecule has 2 aromatic heterocycles. The molecule has 0 unspecified atom stereocenters. The van der Waals surface area contributed by atoms with Gasteiger partial charge >= 0.3 is 0 Å². The Kier molecular flexibility index (Phi) is 5.74. The number of halogens is 1. The maximum absolute atomic E-state index is 13.9. The molecule has 0 fully saturated rings. The number of hydrogen-bond donors (Lipinski definition) is 1. The molecule has 0 saturated heterocycles. The lowest BCUT2D eigenvalue weighted by Gasteiger charge is -2.08. The SMILES string of the molecule is COc1cccc(Nc2nnc(SCc3nc4ccc(F)cc4n3-c3ccccc3)s2)c1. The van der Waals surface area contributed by atoms with Crippen LogP contribution in [0.2, 0.25) is 0 Å². The monoisotopic (exact) mass is 463 g/mol. The predicted octanol–water partition coefficient (Wildman–Crippen LogP) is 6.06. The first-order valence-electron chi connectivity index (χ1n) is 9.79. The van der Waals surface area contributed by atoms with Gasteiger partial charge in [0.25, 0.3) is 0 Å². The molecule has 0 bridgehead atoms. The first-order valence-corrected chi connectivity index (χ1v) is 11.6. The standard InChI is InChI=1S/C23H18FN5OS2/c1-30-18-9-5-6-16(13-18)25-22-27-28-23(32-22)31-14-21-26-19-11-10-15(24)12-20(19)29(21)17-7-3-2-4-8-17/h2-13H,14H2,1H3,(H,25,27). The Morgan fingerprint density at radius 3 is 2.75 bits per heavy atom. The third-order valence-electron chi connectivity index (χ3n) is 4.75. The Morgan fingerprint density at radius 2 is 1.91 bits per heavy atom. The van der Waals surface area contributed by atoms with Gasteiger partial charge in [0.2, 0.25) is 5.13 Å². The van der Waals surface area contributed by atoms with Crippen LogP contribution in [-0.4, -0.2) is 26.9 Å². The normalized spacial score (nSPS) is 11.1. The zero-order valence-corrected chi connectivity index (χ0v) is 18.7. The van der Waals surface area contributed by atoms with E-state index >= 15 is 0 Å². The summed E-state index contributed by atoms with van der Waals surface area (Å²) in [6, 6.07) is 22.1. The van der Waals surface area contributed by atoms with Crippen LogP contribution in [0.4, 0.5) is 15.2 Å². The van der Waals surface area contributed by atoms with E-state index in [0.717, 1.165) is 38.3 Å². The fraction of sp³-hybridized carbons (Fsp3) is 0.0870. The molecule has 5 rings (SSSR count). The van der Waals surface area contributed by atoms with Crippen LogP contribution in [0, 0.1) is 5.82 Å². The Hall–Kier alpha value is -3.43. The van der Waals surface area contributed by atoms with Gasteiger partial charge in [-0.25, -0.2) is 9.37 Å². The Labute approximate surface area is 192 Å². The van der Waals surface area contributed by atoms with Crippen molar-refractivity contribution in [3.05, 3.63) is 84.4 Å².